The number of nitrogens with zero attached hydrogens (tertiary/aromatic N) is 1. The zero-order chi connectivity index (χ0) is 13.5. The van der Waals surface area contributed by atoms with Crippen LogP contribution < -0.4 is 5.32 Å². The number of carboxylic acid groups (broad SMARTS) is 1. The molecule has 5 heteroatoms. The first-order chi connectivity index (χ1) is 8.54. The van der Waals surface area contributed by atoms with Gasteiger partial charge in [0.25, 0.3) is 0 Å². The number of carbonyl (C=O) groups is 1. The van der Waals surface area contributed by atoms with Gasteiger partial charge in [-0.1, -0.05) is 6.92 Å². The molecule has 18 heavy (non-hydrogen) atoms. The largest absolute Gasteiger partial charge is 0.481 e. The van der Waals surface area contributed by atoms with Crippen molar-refractivity contribution in [2.75, 3.05) is 11.9 Å². The highest BCUT2D eigenvalue weighted by Gasteiger charge is 2.09. The smallest absolute Gasteiger partial charge is 0.306 e. The van der Waals surface area contributed by atoms with Gasteiger partial charge in [-0.15, -0.1) is 0 Å². The Hall–Kier alpha value is -1.54. The van der Waals surface area contributed by atoms with Crippen LogP contribution in [0, 0.1) is 17.2 Å². The molecule has 0 aromatic heterocycles. The topological polar surface area (TPSA) is 73.1 Å². The lowest BCUT2D eigenvalue weighted by Gasteiger charge is -2.09. The Kier molecular flexibility index (Phi) is 5.66. The minimum Gasteiger partial charge on any atom is -0.481 e. The molecule has 0 saturated heterocycles. The second-order valence-electron chi connectivity index (χ2n) is 4.11. The van der Waals surface area contributed by atoms with E-state index in [1.807, 2.05) is 12.1 Å². The van der Waals surface area contributed by atoms with E-state index in [0.29, 0.717) is 12.0 Å². The zero-order valence-corrected chi connectivity index (χ0v) is 11.7. The van der Waals surface area contributed by atoms with E-state index in [1.165, 1.54) is 0 Å². The lowest BCUT2D eigenvalue weighted by molar-refractivity contribution is -0.141. The van der Waals surface area contributed by atoms with Gasteiger partial charge in [-0.25, -0.2) is 0 Å². The molecular formula is C13H15BrN2O2. The van der Waals surface area contributed by atoms with Crippen LogP contribution in [0.3, 0.4) is 0 Å². The zero-order valence-electron chi connectivity index (χ0n) is 10.1. The maximum atomic E-state index is 10.6. The standard InChI is InChI=1S/C13H15BrN2O2/c1-9(13(17)18)3-2-6-16-11-5-4-10(8-15)12(14)7-11/h4-5,7,9,16H,2-3,6H2,1H3,(H,17,18). The molecule has 0 spiro atoms. The van der Waals surface area contributed by atoms with Gasteiger partial charge < -0.3 is 10.4 Å². The summed E-state index contributed by atoms with van der Waals surface area (Å²) < 4.78 is 0.758. The van der Waals surface area contributed by atoms with Crippen molar-refractivity contribution in [3.05, 3.63) is 28.2 Å². The van der Waals surface area contributed by atoms with Gasteiger partial charge >= 0.3 is 5.97 Å². The van der Waals surface area contributed by atoms with Gasteiger partial charge in [0.1, 0.15) is 6.07 Å². The molecule has 0 heterocycles. The fourth-order valence-corrected chi connectivity index (χ4v) is 1.95. The summed E-state index contributed by atoms with van der Waals surface area (Å²) in [5, 5.41) is 20.7. The molecule has 1 aromatic rings. The average Bonchev–Trinajstić information content (AvgIpc) is 2.34. The number of halogens is 1. The summed E-state index contributed by atoms with van der Waals surface area (Å²) in [7, 11) is 0. The van der Waals surface area contributed by atoms with E-state index in [-0.39, 0.29) is 5.92 Å². The van der Waals surface area contributed by atoms with Crippen LogP contribution in [0.4, 0.5) is 5.69 Å². The molecule has 2 N–H and O–H groups in total. The third-order valence-corrected chi connectivity index (χ3v) is 3.31. The number of anilines is 1. The lowest BCUT2D eigenvalue weighted by Crippen LogP contribution is -2.11. The van der Waals surface area contributed by atoms with Crippen LogP contribution in [0.2, 0.25) is 0 Å². The van der Waals surface area contributed by atoms with Gasteiger partial charge in [0.05, 0.1) is 11.5 Å². The fourth-order valence-electron chi connectivity index (χ4n) is 1.48. The van der Waals surface area contributed by atoms with Crippen molar-refractivity contribution in [2.24, 2.45) is 5.92 Å². The molecule has 0 radical (unpaired) electrons. The van der Waals surface area contributed by atoms with Gasteiger partial charge in [0, 0.05) is 16.7 Å². The molecule has 1 rings (SSSR count). The van der Waals surface area contributed by atoms with Crippen LogP contribution in [0.1, 0.15) is 25.3 Å². The van der Waals surface area contributed by atoms with Crippen molar-refractivity contribution < 1.29 is 9.90 Å². The first-order valence-corrected chi connectivity index (χ1v) is 6.50. The van der Waals surface area contributed by atoms with E-state index in [4.69, 9.17) is 10.4 Å². The predicted molar refractivity (Wildman–Crippen MR) is 73.4 cm³/mol. The Bertz CT molecular complexity index is 469. The molecule has 0 fully saturated rings. The van der Waals surface area contributed by atoms with E-state index in [2.05, 4.69) is 27.3 Å². The number of nitriles is 1. The molecule has 0 amide bonds. The first kappa shape index (κ1) is 14.5. The number of rotatable bonds is 6. The second-order valence-corrected chi connectivity index (χ2v) is 4.97. The van der Waals surface area contributed by atoms with Crippen LogP contribution in [0.5, 0.6) is 0 Å². The second kappa shape index (κ2) is 7.02. The normalized spacial score (nSPS) is 11.6. The van der Waals surface area contributed by atoms with Crippen molar-refractivity contribution in [2.45, 2.75) is 19.8 Å². The molecule has 0 aliphatic carbocycles. The van der Waals surface area contributed by atoms with Crippen molar-refractivity contribution in [3.8, 4) is 6.07 Å². The number of nitrogens with one attached hydrogen (secondary N) is 1. The predicted octanol–water partition coefficient (Wildman–Crippen LogP) is 3.23. The first-order valence-electron chi connectivity index (χ1n) is 5.71. The summed E-state index contributed by atoms with van der Waals surface area (Å²) in [5.74, 6) is -1.06. The SMILES string of the molecule is CC(CCCNc1ccc(C#N)c(Br)c1)C(=O)O. The number of carboxylic acids is 1. The van der Waals surface area contributed by atoms with E-state index < -0.39 is 5.97 Å². The Balaban J connectivity index is 2.39. The van der Waals surface area contributed by atoms with Crippen LogP contribution >= 0.6 is 15.9 Å². The summed E-state index contributed by atoms with van der Waals surface area (Å²) in [4.78, 5) is 10.6. The molecule has 4 nitrogen and oxygen atoms in total. The molecule has 1 unspecified atom stereocenters. The number of benzene rings is 1. The van der Waals surface area contributed by atoms with Crippen LogP contribution in [0.15, 0.2) is 22.7 Å². The third-order valence-electron chi connectivity index (χ3n) is 2.65. The van der Waals surface area contributed by atoms with Gasteiger partial charge in [0.2, 0.25) is 0 Å². The lowest BCUT2D eigenvalue weighted by atomic mass is 10.1. The van der Waals surface area contributed by atoms with E-state index in [0.717, 1.165) is 23.1 Å². The fraction of sp³-hybridized carbons (Fsp3) is 0.385. The molecular weight excluding hydrogens is 296 g/mol. The molecule has 0 bridgehead atoms. The van der Waals surface area contributed by atoms with Crippen molar-refractivity contribution in [3.63, 3.8) is 0 Å². The van der Waals surface area contributed by atoms with E-state index >= 15 is 0 Å². The van der Waals surface area contributed by atoms with Gasteiger partial charge in [-0.05, 0) is 47.0 Å². The molecule has 1 aromatic carbocycles. The highest BCUT2D eigenvalue weighted by molar-refractivity contribution is 9.10. The molecule has 0 saturated carbocycles. The van der Waals surface area contributed by atoms with Crippen molar-refractivity contribution in [1.82, 2.24) is 0 Å². The molecule has 0 aliphatic rings. The minimum atomic E-state index is -0.754. The minimum absolute atomic E-state index is 0.306. The average molecular weight is 311 g/mol. The summed E-state index contributed by atoms with van der Waals surface area (Å²) in [6, 6.07) is 7.50. The number of hydrogen-bond donors (Lipinski definition) is 2. The van der Waals surface area contributed by atoms with Crippen molar-refractivity contribution in [1.29, 1.82) is 5.26 Å². The van der Waals surface area contributed by atoms with Gasteiger partial charge in [0.15, 0.2) is 0 Å². The van der Waals surface area contributed by atoms with Crippen LogP contribution in [0.25, 0.3) is 0 Å². The summed E-state index contributed by atoms with van der Waals surface area (Å²) >= 11 is 3.32. The Morgan fingerprint density at radius 1 is 1.61 bits per heavy atom. The third kappa shape index (κ3) is 4.38. The summed E-state index contributed by atoms with van der Waals surface area (Å²) in [6.07, 6.45) is 1.45. The maximum Gasteiger partial charge on any atom is 0.306 e. The maximum absolute atomic E-state index is 10.6. The Morgan fingerprint density at radius 2 is 2.33 bits per heavy atom. The summed E-state index contributed by atoms with van der Waals surface area (Å²) in [5.41, 5.74) is 1.52. The monoisotopic (exact) mass is 310 g/mol. The van der Waals surface area contributed by atoms with E-state index in [9.17, 15) is 4.79 Å². The molecule has 96 valence electrons. The van der Waals surface area contributed by atoms with Crippen LogP contribution in [-0.2, 0) is 4.79 Å². The quantitative estimate of drug-likeness (QED) is 0.791. The van der Waals surface area contributed by atoms with Crippen molar-refractivity contribution >= 4 is 27.6 Å². The van der Waals surface area contributed by atoms with Gasteiger partial charge in [-0.3, -0.25) is 4.79 Å². The highest BCUT2D eigenvalue weighted by Crippen LogP contribution is 2.20. The molecule has 1 atom stereocenters. The van der Waals surface area contributed by atoms with E-state index in [1.54, 1.807) is 13.0 Å². The van der Waals surface area contributed by atoms with Gasteiger partial charge in [-0.2, -0.15) is 5.26 Å². The van der Waals surface area contributed by atoms with Crippen LogP contribution in [-0.4, -0.2) is 17.6 Å². The highest BCUT2D eigenvalue weighted by atomic mass is 79.9. The molecule has 0 aliphatic heterocycles. The summed E-state index contributed by atoms with van der Waals surface area (Å²) in [6.45, 7) is 2.43. The number of hydrogen-bond acceptors (Lipinski definition) is 3. The number of aliphatic carboxylic acids is 1. The Labute approximate surface area is 115 Å². The Morgan fingerprint density at radius 3 is 2.89 bits per heavy atom.